The van der Waals surface area contributed by atoms with Crippen LogP contribution in [0.3, 0.4) is 0 Å². The van der Waals surface area contributed by atoms with Crippen molar-refractivity contribution in [1.82, 2.24) is 9.88 Å². The van der Waals surface area contributed by atoms with Crippen LogP contribution in [0.4, 0.5) is 4.39 Å². The topological polar surface area (TPSA) is 80.9 Å². The molecule has 4 atom stereocenters. The van der Waals surface area contributed by atoms with Crippen molar-refractivity contribution in [1.29, 1.82) is 0 Å². The highest BCUT2D eigenvalue weighted by atomic mass is 32.2. The SMILES string of the molecule is COC(=O)[C@@H](C)CN1[C@H](c2c(F)ccc(OCCOS(C)=O)c2C)c2[nH]c3ccccc3c2C[C@H]1C. The van der Waals surface area contributed by atoms with Gasteiger partial charge in [0.2, 0.25) is 0 Å². The van der Waals surface area contributed by atoms with Gasteiger partial charge in [-0.2, -0.15) is 0 Å². The summed E-state index contributed by atoms with van der Waals surface area (Å²) in [5, 5.41) is 1.13. The number of rotatable bonds is 9. The van der Waals surface area contributed by atoms with E-state index in [0.717, 1.165) is 28.6 Å². The van der Waals surface area contributed by atoms with E-state index < -0.39 is 17.1 Å². The summed E-state index contributed by atoms with van der Waals surface area (Å²) < 4.78 is 42.8. The summed E-state index contributed by atoms with van der Waals surface area (Å²) in [6.45, 7) is 6.54. The normalized spacial score (nSPS) is 19.6. The number of hydrogen-bond donors (Lipinski definition) is 1. The molecule has 194 valence electrons. The van der Waals surface area contributed by atoms with Gasteiger partial charge in [-0.15, -0.1) is 0 Å². The lowest BCUT2D eigenvalue weighted by Gasteiger charge is -2.42. The monoisotopic (exact) mass is 516 g/mol. The van der Waals surface area contributed by atoms with Crippen LogP contribution < -0.4 is 4.74 Å². The number of nitrogens with zero attached hydrogens (tertiary/aromatic N) is 1. The number of aromatic nitrogens is 1. The minimum atomic E-state index is -1.38. The van der Waals surface area contributed by atoms with Gasteiger partial charge in [-0.3, -0.25) is 13.9 Å². The van der Waals surface area contributed by atoms with Crippen molar-refractivity contribution < 1.29 is 27.1 Å². The Balaban J connectivity index is 1.81. The van der Waals surface area contributed by atoms with E-state index in [1.807, 2.05) is 32.0 Å². The molecule has 0 saturated heterocycles. The first-order valence-corrected chi connectivity index (χ1v) is 13.5. The first kappa shape index (κ1) is 26.3. The smallest absolute Gasteiger partial charge is 0.309 e. The van der Waals surface area contributed by atoms with E-state index >= 15 is 4.39 Å². The number of nitrogens with one attached hydrogen (secondary N) is 1. The van der Waals surface area contributed by atoms with Crippen LogP contribution in [0.5, 0.6) is 5.75 Å². The van der Waals surface area contributed by atoms with E-state index in [2.05, 4.69) is 22.9 Å². The summed E-state index contributed by atoms with van der Waals surface area (Å²) in [6.07, 6.45) is 2.22. The molecular formula is C27H33FN2O5S. The number of carbonyl (C=O) groups excluding carboxylic acids is 1. The van der Waals surface area contributed by atoms with E-state index in [1.54, 1.807) is 6.07 Å². The molecule has 4 rings (SSSR count). The second-order valence-electron chi connectivity index (χ2n) is 9.30. The Labute approximate surface area is 213 Å². The van der Waals surface area contributed by atoms with Gasteiger partial charge in [0.15, 0.2) is 11.1 Å². The van der Waals surface area contributed by atoms with E-state index in [4.69, 9.17) is 13.7 Å². The zero-order valence-corrected chi connectivity index (χ0v) is 22.1. The summed E-state index contributed by atoms with van der Waals surface area (Å²) in [6, 6.07) is 10.7. The van der Waals surface area contributed by atoms with E-state index in [1.165, 1.54) is 19.4 Å². The van der Waals surface area contributed by atoms with E-state index in [0.29, 0.717) is 23.4 Å². The number of H-pyrrole nitrogens is 1. The molecule has 7 nitrogen and oxygen atoms in total. The van der Waals surface area contributed by atoms with E-state index in [9.17, 15) is 9.00 Å². The Bertz CT molecular complexity index is 1280. The van der Waals surface area contributed by atoms with Crippen molar-refractivity contribution in [3.05, 3.63) is 64.6 Å². The third-order valence-corrected chi connectivity index (χ3v) is 7.38. The van der Waals surface area contributed by atoms with Crippen LogP contribution in [0.1, 0.15) is 42.3 Å². The number of hydrogen-bond acceptors (Lipinski definition) is 6. The summed E-state index contributed by atoms with van der Waals surface area (Å²) in [5.41, 5.74) is 4.26. The van der Waals surface area contributed by atoms with Crippen molar-refractivity contribution in [3.63, 3.8) is 0 Å². The second-order valence-corrected chi connectivity index (χ2v) is 10.3. The number of esters is 1. The van der Waals surface area contributed by atoms with Crippen LogP contribution in [-0.2, 0) is 31.2 Å². The van der Waals surface area contributed by atoms with Crippen molar-refractivity contribution in [3.8, 4) is 5.75 Å². The first-order valence-electron chi connectivity index (χ1n) is 12.0. The highest BCUT2D eigenvalue weighted by Gasteiger charge is 2.39. The van der Waals surface area contributed by atoms with Crippen LogP contribution in [0, 0.1) is 18.7 Å². The van der Waals surface area contributed by atoms with Crippen molar-refractivity contribution >= 4 is 28.0 Å². The zero-order valence-electron chi connectivity index (χ0n) is 21.3. The molecule has 0 aliphatic carbocycles. The number of aromatic amines is 1. The van der Waals surface area contributed by atoms with Crippen molar-refractivity contribution in [2.24, 2.45) is 5.92 Å². The lowest BCUT2D eigenvalue weighted by atomic mass is 9.86. The molecule has 9 heteroatoms. The highest BCUT2D eigenvalue weighted by Crippen LogP contribution is 2.44. The lowest BCUT2D eigenvalue weighted by molar-refractivity contribution is -0.145. The molecule has 1 aromatic heterocycles. The molecule has 0 amide bonds. The molecule has 0 bridgehead atoms. The van der Waals surface area contributed by atoms with Crippen LogP contribution in [0.15, 0.2) is 36.4 Å². The van der Waals surface area contributed by atoms with Gasteiger partial charge in [0, 0.05) is 41.0 Å². The number of ether oxygens (including phenoxy) is 2. The molecule has 1 N–H and O–H groups in total. The maximum absolute atomic E-state index is 15.7. The molecule has 3 aromatic rings. The Morgan fingerprint density at radius 2 is 2.00 bits per heavy atom. The van der Waals surface area contributed by atoms with Crippen molar-refractivity contribution in [2.45, 2.75) is 39.3 Å². The molecule has 36 heavy (non-hydrogen) atoms. The molecule has 1 aliphatic rings. The predicted molar refractivity (Wildman–Crippen MR) is 138 cm³/mol. The van der Waals surface area contributed by atoms with Gasteiger partial charge in [-0.05, 0) is 49.6 Å². The minimum absolute atomic E-state index is 0.0464. The maximum Gasteiger partial charge on any atom is 0.309 e. The van der Waals surface area contributed by atoms with Gasteiger partial charge in [-0.25, -0.2) is 8.60 Å². The molecular weight excluding hydrogens is 483 g/mol. The summed E-state index contributed by atoms with van der Waals surface area (Å²) in [7, 11) is 1.38. The van der Waals surface area contributed by atoms with Crippen LogP contribution in [0.2, 0.25) is 0 Å². The van der Waals surface area contributed by atoms with E-state index in [-0.39, 0.29) is 37.0 Å². The summed E-state index contributed by atoms with van der Waals surface area (Å²) in [5.74, 6) is -0.495. The number of carbonyl (C=O) groups is 1. The molecule has 1 unspecified atom stereocenters. The first-order chi connectivity index (χ1) is 17.2. The molecule has 0 fully saturated rings. The zero-order chi connectivity index (χ0) is 26.0. The van der Waals surface area contributed by atoms with Crippen molar-refractivity contribution in [2.75, 3.05) is 33.1 Å². The van der Waals surface area contributed by atoms with Gasteiger partial charge in [0.05, 0.1) is 25.7 Å². The fourth-order valence-electron chi connectivity index (χ4n) is 5.17. The number of para-hydroxylation sites is 1. The largest absolute Gasteiger partial charge is 0.491 e. The minimum Gasteiger partial charge on any atom is -0.491 e. The van der Waals surface area contributed by atoms with Gasteiger partial charge in [0.1, 0.15) is 18.2 Å². The molecule has 2 heterocycles. The molecule has 0 radical (unpaired) electrons. The van der Waals surface area contributed by atoms with Crippen LogP contribution >= 0.6 is 0 Å². The fraction of sp³-hybridized carbons (Fsp3) is 0.444. The third kappa shape index (κ3) is 5.19. The quantitative estimate of drug-likeness (QED) is 0.334. The Morgan fingerprint density at radius 3 is 2.72 bits per heavy atom. The molecule has 0 saturated carbocycles. The predicted octanol–water partition coefficient (Wildman–Crippen LogP) is 4.45. The molecule has 1 aliphatic heterocycles. The van der Waals surface area contributed by atoms with Gasteiger partial charge >= 0.3 is 5.97 Å². The molecule has 2 aromatic carbocycles. The Morgan fingerprint density at radius 1 is 1.25 bits per heavy atom. The lowest BCUT2D eigenvalue weighted by Crippen LogP contribution is -2.46. The summed E-state index contributed by atoms with van der Waals surface area (Å²) >= 11 is -1.38. The maximum atomic E-state index is 15.7. The average molecular weight is 517 g/mol. The second kappa shape index (κ2) is 11.1. The molecule has 0 spiro atoms. The number of fused-ring (bicyclic) bond motifs is 3. The van der Waals surface area contributed by atoms with Crippen LogP contribution in [0.25, 0.3) is 10.9 Å². The number of halogens is 1. The van der Waals surface area contributed by atoms with Gasteiger partial charge in [0.25, 0.3) is 0 Å². The standard InChI is InChI=1S/C27H33FN2O5S/c1-16(27(31)33-4)15-30-17(2)14-20-19-8-6-7-9-22(19)29-25(20)26(30)24-18(3)23(11-10-21(24)28)34-12-13-35-36(5)32/h6-11,16-17,26,29H,12-15H2,1-5H3/t16-,17+,26+,36?/m0/s1. The van der Waals surface area contributed by atoms with Crippen LogP contribution in [-0.4, -0.2) is 59.2 Å². The van der Waals surface area contributed by atoms with Gasteiger partial charge < -0.3 is 14.5 Å². The Kier molecular flexibility index (Phi) is 8.12. The fourth-order valence-corrected chi connectivity index (χ4v) is 5.47. The average Bonchev–Trinajstić information content (AvgIpc) is 3.21. The Hall–Kier alpha value is -2.75. The third-order valence-electron chi connectivity index (χ3n) is 6.88. The summed E-state index contributed by atoms with van der Waals surface area (Å²) in [4.78, 5) is 18.0. The highest BCUT2D eigenvalue weighted by molar-refractivity contribution is 7.79. The number of methoxy groups -OCH3 is 1. The number of benzene rings is 2. The van der Waals surface area contributed by atoms with Gasteiger partial charge in [-0.1, -0.05) is 25.1 Å².